The van der Waals surface area contributed by atoms with Crippen molar-refractivity contribution >= 4 is 11.6 Å². The fourth-order valence-electron chi connectivity index (χ4n) is 2.84. The van der Waals surface area contributed by atoms with Gasteiger partial charge in [-0.25, -0.2) is 4.39 Å². The molecule has 0 saturated carbocycles. The zero-order chi connectivity index (χ0) is 14.9. The molecular weight excluding hydrogens is 259 g/mol. The molecule has 0 spiro atoms. The summed E-state index contributed by atoms with van der Waals surface area (Å²) in [5.74, 6) is -0.389. The highest BCUT2D eigenvalue weighted by Crippen LogP contribution is 2.37. The minimum absolute atomic E-state index is 0.0325. The maximum atomic E-state index is 14.1. The van der Waals surface area contributed by atoms with E-state index in [1.807, 2.05) is 11.8 Å². The number of nitrogens with one attached hydrogen (secondary N) is 1. The Hall–Kier alpha value is -1.62. The van der Waals surface area contributed by atoms with E-state index in [1.165, 1.54) is 6.07 Å². The first kappa shape index (κ1) is 14.8. The Morgan fingerprint density at radius 1 is 1.55 bits per heavy atom. The molecule has 1 unspecified atom stereocenters. The summed E-state index contributed by atoms with van der Waals surface area (Å²) in [6.45, 7) is 4.55. The van der Waals surface area contributed by atoms with E-state index in [0.29, 0.717) is 30.8 Å². The van der Waals surface area contributed by atoms with E-state index in [9.17, 15) is 14.3 Å². The summed E-state index contributed by atoms with van der Waals surface area (Å²) in [4.78, 5) is 13.8. The van der Waals surface area contributed by atoms with Crippen LogP contribution in [-0.4, -0.2) is 31.2 Å². The Kier molecular flexibility index (Phi) is 3.99. The van der Waals surface area contributed by atoms with Crippen LogP contribution in [0, 0.1) is 11.2 Å². The van der Waals surface area contributed by atoms with E-state index in [-0.39, 0.29) is 11.7 Å². The Balaban J connectivity index is 2.33. The number of rotatable bonds is 3. The molecule has 20 heavy (non-hydrogen) atoms. The Morgan fingerprint density at radius 3 is 2.85 bits per heavy atom. The summed E-state index contributed by atoms with van der Waals surface area (Å²) in [7, 11) is 1.61. The molecule has 4 nitrogen and oxygen atoms in total. The largest absolute Gasteiger partial charge is 0.389 e. The van der Waals surface area contributed by atoms with E-state index in [2.05, 4.69) is 5.32 Å². The van der Waals surface area contributed by atoms with Gasteiger partial charge in [0.05, 0.1) is 17.2 Å². The van der Waals surface area contributed by atoms with Crippen molar-refractivity contribution in [1.82, 2.24) is 5.32 Å². The Bertz CT molecular complexity index is 519. The zero-order valence-electron chi connectivity index (χ0n) is 12.1. The van der Waals surface area contributed by atoms with Gasteiger partial charge in [0.25, 0.3) is 0 Å². The highest BCUT2D eigenvalue weighted by atomic mass is 19.1. The monoisotopic (exact) mass is 280 g/mol. The molecule has 1 aliphatic rings. The molecule has 1 aromatic carbocycles. The molecule has 2 rings (SSSR count). The minimum atomic E-state index is -0.743. The first-order valence-corrected chi connectivity index (χ1v) is 6.82. The highest BCUT2D eigenvalue weighted by molar-refractivity contribution is 5.83. The molecule has 0 aromatic heterocycles. The Labute approximate surface area is 118 Å². The number of anilines is 1. The molecule has 2 N–H and O–H groups in total. The summed E-state index contributed by atoms with van der Waals surface area (Å²) in [5, 5.41) is 12.5. The Morgan fingerprint density at radius 2 is 2.25 bits per heavy atom. The van der Waals surface area contributed by atoms with Gasteiger partial charge in [0.15, 0.2) is 0 Å². The fraction of sp³-hybridized carbons (Fsp3) is 0.533. The lowest BCUT2D eigenvalue weighted by atomic mass is 9.89. The predicted octanol–water partition coefficient (Wildman–Crippen LogP) is 1.84. The standard InChI is InChI=1S/C15H21FN2O2/c1-10(19)11-5-4-6-12(16)13(11)18-8-7-15(2,9-18)14(20)17-3/h4-6,10,19H,7-9H2,1-3H3,(H,17,20)/t10-,15?/m1/s1. The van der Waals surface area contributed by atoms with Gasteiger partial charge in [-0.2, -0.15) is 0 Å². The number of hydrogen-bond acceptors (Lipinski definition) is 3. The smallest absolute Gasteiger partial charge is 0.227 e. The van der Waals surface area contributed by atoms with Gasteiger partial charge in [-0.05, 0) is 26.3 Å². The SMILES string of the molecule is CNC(=O)C1(C)CCN(c2c(F)cccc2[C@@H](C)O)C1. The van der Waals surface area contributed by atoms with E-state index in [4.69, 9.17) is 0 Å². The lowest BCUT2D eigenvalue weighted by Crippen LogP contribution is -2.39. The van der Waals surface area contributed by atoms with Gasteiger partial charge in [-0.3, -0.25) is 4.79 Å². The van der Waals surface area contributed by atoms with E-state index < -0.39 is 11.5 Å². The normalized spacial score (nSPS) is 23.8. The first-order chi connectivity index (χ1) is 9.39. The third kappa shape index (κ3) is 2.50. The molecule has 2 atom stereocenters. The van der Waals surface area contributed by atoms with Crippen molar-refractivity contribution in [3.63, 3.8) is 0 Å². The zero-order valence-corrected chi connectivity index (χ0v) is 12.1. The van der Waals surface area contributed by atoms with Gasteiger partial charge in [-0.15, -0.1) is 0 Å². The molecule has 1 saturated heterocycles. The van der Waals surface area contributed by atoms with Crippen molar-refractivity contribution in [3.8, 4) is 0 Å². The molecule has 0 aliphatic carbocycles. The van der Waals surface area contributed by atoms with Crippen LogP contribution in [0.2, 0.25) is 0 Å². The lowest BCUT2D eigenvalue weighted by Gasteiger charge is -2.26. The van der Waals surface area contributed by atoms with Crippen LogP contribution >= 0.6 is 0 Å². The molecule has 1 heterocycles. The number of para-hydroxylation sites is 1. The van der Waals surface area contributed by atoms with Gasteiger partial charge >= 0.3 is 0 Å². The number of aliphatic hydroxyl groups excluding tert-OH is 1. The predicted molar refractivity (Wildman–Crippen MR) is 76.0 cm³/mol. The summed E-state index contributed by atoms with van der Waals surface area (Å²) in [5.41, 5.74) is 0.453. The number of aliphatic hydroxyl groups is 1. The third-order valence-electron chi connectivity index (χ3n) is 4.03. The van der Waals surface area contributed by atoms with Crippen LogP contribution in [0.4, 0.5) is 10.1 Å². The average Bonchev–Trinajstić information content (AvgIpc) is 2.81. The van der Waals surface area contributed by atoms with Crippen LogP contribution in [0.25, 0.3) is 0 Å². The number of nitrogens with zero attached hydrogens (tertiary/aromatic N) is 1. The average molecular weight is 280 g/mol. The number of halogens is 1. The van der Waals surface area contributed by atoms with E-state index in [0.717, 1.165) is 0 Å². The first-order valence-electron chi connectivity index (χ1n) is 6.82. The summed E-state index contributed by atoms with van der Waals surface area (Å²) in [6.07, 6.45) is -0.0761. The maximum Gasteiger partial charge on any atom is 0.227 e. The summed E-state index contributed by atoms with van der Waals surface area (Å²) >= 11 is 0. The third-order valence-corrected chi connectivity index (χ3v) is 4.03. The van der Waals surface area contributed by atoms with Crippen molar-refractivity contribution < 1.29 is 14.3 Å². The second kappa shape index (κ2) is 5.40. The van der Waals surface area contributed by atoms with Crippen molar-refractivity contribution in [2.75, 3.05) is 25.0 Å². The number of amides is 1. The number of carbonyl (C=O) groups is 1. The van der Waals surface area contributed by atoms with Crippen molar-refractivity contribution in [2.45, 2.75) is 26.4 Å². The van der Waals surface area contributed by atoms with Crippen LogP contribution in [0.5, 0.6) is 0 Å². The van der Waals surface area contributed by atoms with Gasteiger partial charge in [0.1, 0.15) is 5.82 Å². The van der Waals surface area contributed by atoms with Crippen molar-refractivity contribution in [2.24, 2.45) is 5.41 Å². The van der Waals surface area contributed by atoms with Gasteiger partial charge in [0, 0.05) is 25.7 Å². The van der Waals surface area contributed by atoms with Crippen LogP contribution < -0.4 is 10.2 Å². The molecule has 0 radical (unpaired) electrons. The molecule has 5 heteroatoms. The molecule has 1 aromatic rings. The molecule has 0 bridgehead atoms. The van der Waals surface area contributed by atoms with E-state index in [1.54, 1.807) is 26.1 Å². The van der Waals surface area contributed by atoms with Crippen molar-refractivity contribution in [1.29, 1.82) is 0 Å². The number of carbonyl (C=O) groups excluding carboxylic acids is 1. The van der Waals surface area contributed by atoms with E-state index >= 15 is 0 Å². The molecule has 1 amide bonds. The molecule has 110 valence electrons. The minimum Gasteiger partial charge on any atom is -0.389 e. The second-order valence-corrected chi connectivity index (χ2v) is 5.66. The van der Waals surface area contributed by atoms with Crippen LogP contribution in [-0.2, 0) is 4.79 Å². The maximum absolute atomic E-state index is 14.1. The fourth-order valence-corrected chi connectivity index (χ4v) is 2.84. The molecule has 1 aliphatic heterocycles. The van der Waals surface area contributed by atoms with Crippen LogP contribution in [0.15, 0.2) is 18.2 Å². The van der Waals surface area contributed by atoms with Crippen LogP contribution in [0.3, 0.4) is 0 Å². The molecular formula is C15H21FN2O2. The topological polar surface area (TPSA) is 52.6 Å². The summed E-state index contributed by atoms with van der Waals surface area (Å²) < 4.78 is 14.1. The van der Waals surface area contributed by atoms with Gasteiger partial charge in [-0.1, -0.05) is 12.1 Å². The quantitative estimate of drug-likeness (QED) is 0.888. The van der Waals surface area contributed by atoms with Gasteiger partial charge in [0.2, 0.25) is 5.91 Å². The lowest BCUT2D eigenvalue weighted by molar-refractivity contribution is -0.128. The number of hydrogen-bond donors (Lipinski definition) is 2. The van der Waals surface area contributed by atoms with Crippen molar-refractivity contribution in [3.05, 3.63) is 29.6 Å². The van der Waals surface area contributed by atoms with Gasteiger partial charge < -0.3 is 15.3 Å². The van der Waals surface area contributed by atoms with Crippen LogP contribution in [0.1, 0.15) is 31.9 Å². The summed E-state index contributed by atoms with van der Waals surface area (Å²) in [6, 6.07) is 4.70. The highest BCUT2D eigenvalue weighted by Gasteiger charge is 2.41. The second-order valence-electron chi connectivity index (χ2n) is 5.66. The molecule has 1 fully saturated rings. The number of benzene rings is 1.